The molecule has 0 aliphatic rings. The third-order valence-electron chi connectivity index (χ3n) is 2.17. The molecule has 70 valence electrons. The zero-order chi connectivity index (χ0) is 10.0. The lowest BCUT2D eigenvalue weighted by Crippen LogP contribution is -2.09. The van der Waals surface area contributed by atoms with Crippen LogP contribution in [0, 0.1) is 0 Å². The molecule has 0 aromatic heterocycles. The van der Waals surface area contributed by atoms with E-state index in [0.29, 0.717) is 0 Å². The van der Waals surface area contributed by atoms with Crippen molar-refractivity contribution in [2.24, 2.45) is 0 Å². The van der Waals surface area contributed by atoms with E-state index in [9.17, 15) is 0 Å². The summed E-state index contributed by atoms with van der Waals surface area (Å²) in [6.07, 6.45) is 0. The van der Waals surface area contributed by atoms with Crippen molar-refractivity contribution in [2.45, 2.75) is 20.0 Å². The molecule has 3 heteroatoms. The van der Waals surface area contributed by atoms with E-state index in [-0.39, 0.29) is 0 Å². The van der Waals surface area contributed by atoms with Crippen molar-refractivity contribution in [1.82, 2.24) is 0 Å². The second-order valence-electron chi connectivity index (χ2n) is 3.36. The molecular weight excluding hydrogens is 198 g/mol. The summed E-state index contributed by atoms with van der Waals surface area (Å²) in [6.45, 7) is 6.64. The van der Waals surface area contributed by atoms with Gasteiger partial charge in [-0.15, -0.1) is 0 Å². The summed E-state index contributed by atoms with van der Waals surface area (Å²) in [7, 11) is -0.425. The predicted molar refractivity (Wildman–Crippen MR) is 63.1 cm³/mol. The van der Waals surface area contributed by atoms with Crippen LogP contribution in [0.25, 0.3) is 0 Å². The summed E-state index contributed by atoms with van der Waals surface area (Å²) >= 11 is 5.91. The number of hydrogen-bond acceptors (Lipinski definition) is 1. The van der Waals surface area contributed by atoms with E-state index >= 15 is 0 Å². The van der Waals surface area contributed by atoms with Crippen LogP contribution in [0.3, 0.4) is 0 Å². The Bertz CT molecular complexity index is 354. The van der Waals surface area contributed by atoms with Crippen molar-refractivity contribution in [3.8, 4) is 0 Å². The monoisotopic (exact) mass is 211 g/mol. The number of halogens is 1. The molecule has 0 aliphatic carbocycles. The van der Waals surface area contributed by atoms with E-state index in [2.05, 4.69) is 20.0 Å². The molecule has 1 aromatic carbocycles. The maximum Gasteiger partial charge on any atom is 0.0413 e. The summed E-state index contributed by atoms with van der Waals surface area (Å²) in [6, 6.07) is 5.64. The highest BCUT2D eigenvalue weighted by Gasteiger charge is 2.03. The highest BCUT2D eigenvalue weighted by Crippen LogP contribution is 2.18. The first kappa shape index (κ1) is 10.5. The highest BCUT2D eigenvalue weighted by atomic mass is 35.5. The van der Waals surface area contributed by atoms with Gasteiger partial charge in [-0.3, -0.25) is 0 Å². The molecule has 0 bridgehead atoms. The van der Waals surface area contributed by atoms with Gasteiger partial charge < -0.3 is 5.73 Å². The molecule has 1 nitrogen and oxygen atoms in total. The minimum atomic E-state index is -0.425. The fourth-order valence-electron chi connectivity index (χ4n) is 1.12. The minimum Gasteiger partial charge on any atom is -0.398 e. The smallest absolute Gasteiger partial charge is 0.0413 e. The molecule has 2 N–H and O–H groups in total. The number of nitrogen functional groups attached to an aromatic ring is 1. The van der Waals surface area contributed by atoms with Crippen LogP contribution < -0.4 is 5.73 Å². The Hall–Kier alpha value is -0.603. The zero-order valence-corrected chi connectivity index (χ0v) is 9.94. The van der Waals surface area contributed by atoms with Gasteiger partial charge in [0.25, 0.3) is 0 Å². The molecule has 0 spiro atoms. The summed E-state index contributed by atoms with van der Waals surface area (Å²) in [4.78, 5) is 0. The Labute approximate surface area is 85.8 Å². The average Bonchev–Trinajstić information content (AvgIpc) is 2.08. The summed E-state index contributed by atoms with van der Waals surface area (Å²) in [5.41, 5.74) is 7.81. The normalized spacial score (nSPS) is 9.85. The van der Waals surface area contributed by atoms with Gasteiger partial charge >= 0.3 is 0 Å². The van der Waals surface area contributed by atoms with Crippen LogP contribution in [0.1, 0.15) is 12.5 Å². The quantitative estimate of drug-likeness (QED) is 0.561. The van der Waals surface area contributed by atoms with E-state index in [1.165, 1.54) is 5.17 Å². The minimum absolute atomic E-state index is 0.425. The van der Waals surface area contributed by atoms with Crippen LogP contribution in [-0.4, -0.2) is 13.6 Å². The molecule has 0 saturated carbocycles. The molecule has 0 fully saturated rings. The maximum absolute atomic E-state index is 5.91. The van der Waals surface area contributed by atoms with Gasteiger partial charge in [-0.2, -0.15) is 0 Å². The molecule has 0 aliphatic heterocycles. The number of hydrogen-bond donors (Lipinski definition) is 1. The van der Waals surface area contributed by atoms with Crippen molar-refractivity contribution < 1.29 is 0 Å². The fourth-order valence-corrected chi connectivity index (χ4v) is 2.05. The summed E-state index contributed by atoms with van der Waals surface area (Å²) in [5, 5.41) is 2.14. The van der Waals surface area contributed by atoms with E-state index in [1.54, 1.807) is 0 Å². The Morgan fingerprint density at radius 2 is 2.00 bits per heavy atom. The Kier molecular flexibility index (Phi) is 3.28. The van der Waals surface area contributed by atoms with Crippen molar-refractivity contribution in [2.75, 3.05) is 5.73 Å². The molecular formula is C10H14ClNSi. The van der Waals surface area contributed by atoms with Crippen LogP contribution in [-0.2, 0) is 0 Å². The van der Waals surface area contributed by atoms with Crippen LogP contribution in [0.15, 0.2) is 18.2 Å². The summed E-state index contributed by atoms with van der Waals surface area (Å²) < 4.78 is 0. The van der Waals surface area contributed by atoms with Crippen LogP contribution in [0.5, 0.6) is 0 Å². The van der Waals surface area contributed by atoms with E-state index < -0.39 is 8.41 Å². The largest absolute Gasteiger partial charge is 0.398 e. The first-order valence-corrected chi connectivity index (χ1v) is 7.09. The van der Waals surface area contributed by atoms with Gasteiger partial charge in [0.15, 0.2) is 0 Å². The number of benzene rings is 1. The van der Waals surface area contributed by atoms with E-state index in [4.69, 9.17) is 17.3 Å². The Balaban J connectivity index is 3.29. The zero-order valence-electron chi connectivity index (χ0n) is 8.19. The van der Waals surface area contributed by atoms with Gasteiger partial charge in [0, 0.05) is 19.1 Å². The highest BCUT2D eigenvalue weighted by molar-refractivity contribution is 6.71. The van der Waals surface area contributed by atoms with Crippen molar-refractivity contribution in [3.63, 3.8) is 0 Å². The van der Waals surface area contributed by atoms with Gasteiger partial charge in [-0.1, -0.05) is 29.9 Å². The van der Waals surface area contributed by atoms with Crippen LogP contribution in [0.2, 0.25) is 18.1 Å². The van der Waals surface area contributed by atoms with Crippen molar-refractivity contribution >= 4 is 30.9 Å². The van der Waals surface area contributed by atoms with Gasteiger partial charge in [0.05, 0.1) is 0 Å². The van der Waals surface area contributed by atoms with Gasteiger partial charge in [-0.25, -0.2) is 0 Å². The second-order valence-corrected chi connectivity index (χ2v) is 6.54. The van der Waals surface area contributed by atoms with Gasteiger partial charge in [0.2, 0.25) is 0 Å². The lowest BCUT2D eigenvalue weighted by atomic mass is 10.1. The molecule has 1 rings (SSSR count). The topological polar surface area (TPSA) is 26.0 Å². The average molecular weight is 212 g/mol. The van der Waals surface area contributed by atoms with Crippen LogP contribution in [0.4, 0.5) is 5.69 Å². The third kappa shape index (κ3) is 2.42. The maximum atomic E-state index is 5.91. The molecule has 0 heterocycles. The van der Waals surface area contributed by atoms with E-state index in [1.807, 2.05) is 18.2 Å². The first-order valence-electron chi connectivity index (χ1n) is 4.22. The molecule has 0 atom stereocenters. The number of nitrogens with two attached hydrogens (primary N) is 1. The van der Waals surface area contributed by atoms with Gasteiger partial charge in [0.1, 0.15) is 0 Å². The van der Waals surface area contributed by atoms with Crippen molar-refractivity contribution in [1.29, 1.82) is 0 Å². The molecule has 0 radical (unpaired) electrons. The fraction of sp³-hybridized carbons (Fsp3) is 0.300. The number of rotatable bonds is 1. The van der Waals surface area contributed by atoms with E-state index in [0.717, 1.165) is 16.3 Å². The first-order chi connectivity index (χ1) is 6.02. The second kappa shape index (κ2) is 4.07. The SMILES string of the molecule is CC(c1cc(Cl)ccc1N)=[Si](C)C. The van der Waals surface area contributed by atoms with Gasteiger partial charge in [-0.05, 0) is 30.7 Å². The lowest BCUT2D eigenvalue weighted by molar-refractivity contribution is 1.63. The lowest BCUT2D eigenvalue weighted by Gasteiger charge is -2.08. The standard InChI is InChI=1S/C10H14ClNSi/c1-7(13(2)3)9-6-8(11)4-5-10(9)12/h4-6H,12H2,1-3H3. The van der Waals surface area contributed by atoms with Crippen molar-refractivity contribution in [3.05, 3.63) is 28.8 Å². The molecule has 0 unspecified atom stereocenters. The molecule has 0 saturated heterocycles. The predicted octanol–water partition coefficient (Wildman–Crippen LogP) is 2.80. The Morgan fingerprint density at radius 1 is 1.38 bits per heavy atom. The molecule has 13 heavy (non-hydrogen) atoms. The van der Waals surface area contributed by atoms with Crippen LogP contribution >= 0.6 is 11.6 Å². The number of anilines is 1. The molecule has 0 amide bonds. The summed E-state index contributed by atoms with van der Waals surface area (Å²) in [5.74, 6) is 0. The third-order valence-corrected chi connectivity index (χ3v) is 4.17. The molecule has 1 aromatic rings. The Morgan fingerprint density at radius 3 is 2.54 bits per heavy atom.